The number of carbonyl (C=O) groups excluding carboxylic acids is 2. The minimum absolute atomic E-state index is 0.0353. The van der Waals surface area contributed by atoms with Crippen LogP contribution >= 0.6 is 0 Å². The van der Waals surface area contributed by atoms with Crippen molar-refractivity contribution in [2.24, 2.45) is 0 Å². The van der Waals surface area contributed by atoms with Gasteiger partial charge in [0.25, 0.3) is 11.5 Å². The van der Waals surface area contributed by atoms with E-state index in [9.17, 15) is 18.8 Å². The van der Waals surface area contributed by atoms with Crippen molar-refractivity contribution < 1.29 is 18.7 Å². The molecule has 3 rings (SSSR count). The van der Waals surface area contributed by atoms with E-state index < -0.39 is 18.0 Å². The lowest BCUT2D eigenvalue weighted by Gasteiger charge is -2.18. The molecule has 30 heavy (non-hydrogen) atoms. The standard InChI is InChI=1S/C22H22FN3O4/c1-13(15-7-9-16(23)10-8-15)24-21(28)14(2)30-20(27)12-11-19-25-18-6-4-3-5-17(18)22(29)26-19/h3-10,13-14H,11-12H2,1-2H3,(H,24,28)(H,25,26,29)/t13-,14-/m1/s1. The number of fused-ring (bicyclic) bond motifs is 1. The first-order chi connectivity index (χ1) is 14.3. The third kappa shape index (κ3) is 5.28. The molecule has 0 radical (unpaired) electrons. The summed E-state index contributed by atoms with van der Waals surface area (Å²) in [6.07, 6.45) is -0.852. The summed E-state index contributed by atoms with van der Waals surface area (Å²) < 4.78 is 18.2. The number of aryl methyl sites for hydroxylation is 1. The number of H-pyrrole nitrogens is 1. The third-order valence-corrected chi connectivity index (χ3v) is 4.63. The molecule has 1 heterocycles. The van der Waals surface area contributed by atoms with Crippen LogP contribution < -0.4 is 10.9 Å². The molecular weight excluding hydrogens is 389 g/mol. The highest BCUT2D eigenvalue weighted by atomic mass is 19.1. The zero-order chi connectivity index (χ0) is 21.7. The van der Waals surface area contributed by atoms with E-state index in [1.807, 2.05) is 0 Å². The Labute approximate surface area is 172 Å². The van der Waals surface area contributed by atoms with Crippen LogP contribution in [0.2, 0.25) is 0 Å². The maximum Gasteiger partial charge on any atom is 0.307 e. The number of nitrogens with one attached hydrogen (secondary N) is 2. The maximum absolute atomic E-state index is 13.0. The lowest BCUT2D eigenvalue weighted by molar-refractivity contribution is -0.155. The summed E-state index contributed by atoms with van der Waals surface area (Å²) >= 11 is 0. The second-order valence-electron chi connectivity index (χ2n) is 6.94. The smallest absolute Gasteiger partial charge is 0.307 e. The van der Waals surface area contributed by atoms with Gasteiger partial charge in [-0.2, -0.15) is 0 Å². The molecule has 0 bridgehead atoms. The normalized spacial score (nSPS) is 12.9. The van der Waals surface area contributed by atoms with Gasteiger partial charge in [0.05, 0.1) is 23.4 Å². The molecule has 8 heteroatoms. The predicted octanol–water partition coefficient (Wildman–Crippen LogP) is 2.80. The number of benzene rings is 2. The van der Waals surface area contributed by atoms with Crippen molar-refractivity contribution in [1.82, 2.24) is 15.3 Å². The molecule has 2 N–H and O–H groups in total. The largest absolute Gasteiger partial charge is 0.453 e. The molecule has 156 valence electrons. The van der Waals surface area contributed by atoms with Gasteiger partial charge in [-0.25, -0.2) is 9.37 Å². The van der Waals surface area contributed by atoms with Crippen LogP contribution in [0.5, 0.6) is 0 Å². The number of carbonyl (C=O) groups is 2. The summed E-state index contributed by atoms with van der Waals surface area (Å²) in [5.41, 5.74) is 1.01. The molecule has 0 saturated heterocycles. The first-order valence-electron chi connectivity index (χ1n) is 9.56. The van der Waals surface area contributed by atoms with Gasteiger partial charge in [0.15, 0.2) is 6.10 Å². The Morgan fingerprint density at radius 2 is 1.83 bits per heavy atom. The van der Waals surface area contributed by atoms with E-state index >= 15 is 0 Å². The quantitative estimate of drug-likeness (QED) is 0.582. The van der Waals surface area contributed by atoms with E-state index in [0.29, 0.717) is 16.7 Å². The SMILES string of the molecule is C[C@@H](OC(=O)CCc1nc2ccccc2c(=O)[nH]1)C(=O)N[C@H](C)c1ccc(F)cc1. The first kappa shape index (κ1) is 21.2. The van der Waals surface area contributed by atoms with Crippen LogP contribution in [0.4, 0.5) is 4.39 Å². The van der Waals surface area contributed by atoms with Crippen LogP contribution in [0.25, 0.3) is 10.9 Å². The third-order valence-electron chi connectivity index (χ3n) is 4.63. The molecule has 0 spiro atoms. The number of hydrogen-bond donors (Lipinski definition) is 2. The minimum Gasteiger partial charge on any atom is -0.453 e. The average Bonchev–Trinajstić information content (AvgIpc) is 2.72. The molecule has 0 aliphatic heterocycles. The zero-order valence-corrected chi connectivity index (χ0v) is 16.6. The van der Waals surface area contributed by atoms with Crippen molar-refractivity contribution in [3.8, 4) is 0 Å². The fourth-order valence-electron chi connectivity index (χ4n) is 2.95. The van der Waals surface area contributed by atoms with Crippen molar-refractivity contribution >= 4 is 22.8 Å². The number of halogens is 1. The fraction of sp³-hybridized carbons (Fsp3) is 0.273. The number of esters is 1. The minimum atomic E-state index is -0.996. The monoisotopic (exact) mass is 411 g/mol. The van der Waals surface area contributed by atoms with Crippen molar-refractivity contribution in [2.75, 3.05) is 0 Å². The van der Waals surface area contributed by atoms with Crippen molar-refractivity contribution in [1.29, 1.82) is 0 Å². The van der Waals surface area contributed by atoms with Gasteiger partial charge in [0.2, 0.25) is 0 Å². The number of aromatic amines is 1. The van der Waals surface area contributed by atoms with E-state index in [1.54, 1.807) is 43.3 Å². The fourth-order valence-corrected chi connectivity index (χ4v) is 2.95. The van der Waals surface area contributed by atoms with Crippen molar-refractivity contribution in [3.63, 3.8) is 0 Å². The van der Waals surface area contributed by atoms with E-state index in [2.05, 4.69) is 15.3 Å². The molecule has 1 aromatic heterocycles. The van der Waals surface area contributed by atoms with Crippen LogP contribution in [-0.4, -0.2) is 27.9 Å². The van der Waals surface area contributed by atoms with Crippen LogP contribution in [0.1, 0.15) is 37.7 Å². The number of para-hydroxylation sites is 1. The van der Waals surface area contributed by atoms with Gasteiger partial charge in [-0.05, 0) is 43.7 Å². The molecule has 7 nitrogen and oxygen atoms in total. The van der Waals surface area contributed by atoms with Crippen molar-refractivity contribution in [3.05, 3.63) is 76.1 Å². The summed E-state index contributed by atoms with van der Waals surface area (Å²) in [5, 5.41) is 3.20. The average molecular weight is 411 g/mol. The summed E-state index contributed by atoms with van der Waals surface area (Å²) in [7, 11) is 0. The van der Waals surface area contributed by atoms with Gasteiger partial charge < -0.3 is 15.0 Å². The van der Waals surface area contributed by atoms with Gasteiger partial charge >= 0.3 is 5.97 Å². The second kappa shape index (κ2) is 9.30. The van der Waals surface area contributed by atoms with Crippen LogP contribution in [0.15, 0.2) is 53.3 Å². The van der Waals surface area contributed by atoms with E-state index in [0.717, 1.165) is 5.56 Å². The number of aromatic nitrogens is 2. The van der Waals surface area contributed by atoms with Gasteiger partial charge in [0, 0.05) is 6.42 Å². The Bertz CT molecular complexity index is 1110. The molecule has 0 saturated carbocycles. The molecular formula is C22H22FN3O4. The van der Waals surface area contributed by atoms with Gasteiger partial charge in [-0.1, -0.05) is 24.3 Å². The lowest BCUT2D eigenvalue weighted by Crippen LogP contribution is -2.37. The second-order valence-corrected chi connectivity index (χ2v) is 6.94. The molecule has 0 fully saturated rings. The molecule has 1 amide bonds. The predicted molar refractivity (Wildman–Crippen MR) is 109 cm³/mol. The Balaban J connectivity index is 1.52. The molecule has 0 unspecified atom stereocenters. The highest BCUT2D eigenvalue weighted by molar-refractivity contribution is 5.83. The number of hydrogen-bond acceptors (Lipinski definition) is 5. The summed E-state index contributed by atoms with van der Waals surface area (Å²) in [6.45, 7) is 3.22. The van der Waals surface area contributed by atoms with E-state index in [1.165, 1.54) is 19.1 Å². The zero-order valence-electron chi connectivity index (χ0n) is 16.6. The Kier molecular flexibility index (Phi) is 6.56. The van der Waals surface area contributed by atoms with Crippen LogP contribution in [0.3, 0.4) is 0 Å². The highest BCUT2D eigenvalue weighted by Gasteiger charge is 2.20. The Hall–Kier alpha value is -3.55. The number of rotatable bonds is 7. The molecule has 2 aromatic carbocycles. The lowest BCUT2D eigenvalue weighted by atomic mass is 10.1. The summed E-state index contributed by atoms with van der Waals surface area (Å²) in [6, 6.07) is 12.3. The molecule has 0 aliphatic carbocycles. The Morgan fingerprint density at radius 3 is 2.57 bits per heavy atom. The number of amides is 1. The van der Waals surface area contributed by atoms with Gasteiger partial charge in [0.1, 0.15) is 11.6 Å². The first-order valence-corrected chi connectivity index (χ1v) is 9.56. The van der Waals surface area contributed by atoms with Crippen LogP contribution in [0, 0.1) is 5.82 Å². The molecule has 0 aliphatic rings. The topological polar surface area (TPSA) is 101 Å². The summed E-state index contributed by atoms with van der Waals surface area (Å²) in [4.78, 5) is 43.4. The highest BCUT2D eigenvalue weighted by Crippen LogP contribution is 2.13. The summed E-state index contributed by atoms with van der Waals surface area (Å²) in [5.74, 6) is -1.03. The van der Waals surface area contributed by atoms with Gasteiger partial charge in [-0.3, -0.25) is 14.4 Å². The van der Waals surface area contributed by atoms with Crippen LogP contribution in [-0.2, 0) is 20.7 Å². The number of ether oxygens (including phenoxy) is 1. The van der Waals surface area contributed by atoms with E-state index in [-0.39, 0.29) is 30.3 Å². The Morgan fingerprint density at radius 1 is 1.13 bits per heavy atom. The van der Waals surface area contributed by atoms with E-state index in [4.69, 9.17) is 4.74 Å². The van der Waals surface area contributed by atoms with Gasteiger partial charge in [-0.15, -0.1) is 0 Å². The molecule has 2 atom stereocenters. The number of nitrogens with zero attached hydrogens (tertiary/aromatic N) is 1. The van der Waals surface area contributed by atoms with Crippen molar-refractivity contribution in [2.45, 2.75) is 38.8 Å². The molecule has 3 aromatic rings. The maximum atomic E-state index is 13.0.